The molecule has 28 heavy (non-hydrogen) atoms. The minimum atomic E-state index is -3.71. The molecule has 0 bridgehead atoms. The van der Waals surface area contributed by atoms with Gasteiger partial charge in [0.05, 0.1) is 10.6 Å². The molecule has 0 aliphatic carbocycles. The summed E-state index contributed by atoms with van der Waals surface area (Å²) in [5.41, 5.74) is 0.415. The molecule has 4 rings (SSSR count). The number of benzene rings is 3. The quantitative estimate of drug-likeness (QED) is 0.357. The van der Waals surface area contributed by atoms with E-state index in [1.165, 1.54) is 11.8 Å². The lowest BCUT2D eigenvalue weighted by Gasteiger charge is -2.14. The summed E-state index contributed by atoms with van der Waals surface area (Å²) < 4.78 is 28.3. The first kappa shape index (κ1) is 19.1. The second-order valence-electron chi connectivity index (χ2n) is 5.91. The molecule has 8 heteroatoms. The molecule has 0 unspecified atom stereocenters. The third kappa shape index (κ3) is 3.84. The molecule has 0 fully saturated rings. The van der Waals surface area contributed by atoms with Gasteiger partial charge in [0, 0.05) is 20.7 Å². The number of hydrogen-bond donors (Lipinski definition) is 2. The summed E-state index contributed by atoms with van der Waals surface area (Å²) in [6.45, 7) is 0. The van der Waals surface area contributed by atoms with Gasteiger partial charge in [0.2, 0.25) is 0 Å². The summed E-state index contributed by atoms with van der Waals surface area (Å²) in [4.78, 5) is 1.42. The van der Waals surface area contributed by atoms with Crippen LogP contribution in [0.15, 0.2) is 86.1 Å². The molecule has 0 saturated carbocycles. The molecule has 3 aromatic carbocycles. The molecule has 2 N–H and O–H groups in total. The fourth-order valence-corrected chi connectivity index (χ4v) is 5.84. The van der Waals surface area contributed by atoms with Crippen LogP contribution >= 0.6 is 34.7 Å². The Morgan fingerprint density at radius 2 is 1.68 bits per heavy atom. The average molecular weight is 448 g/mol. The van der Waals surface area contributed by atoms with Crippen LogP contribution < -0.4 is 4.72 Å². The maximum atomic E-state index is 12.7. The molecular weight excluding hydrogens is 434 g/mol. The molecule has 0 aliphatic rings. The summed E-state index contributed by atoms with van der Waals surface area (Å²) in [5.74, 6) is 0.106. The van der Waals surface area contributed by atoms with Gasteiger partial charge >= 0.3 is 0 Å². The lowest BCUT2D eigenvalue weighted by atomic mass is 10.1. The fraction of sp³-hybridized carbons (Fsp3) is 0. The van der Waals surface area contributed by atoms with Crippen LogP contribution in [0.25, 0.3) is 10.8 Å². The summed E-state index contributed by atoms with van der Waals surface area (Å²) in [7, 11) is -3.71. The first-order chi connectivity index (χ1) is 13.4. The monoisotopic (exact) mass is 447 g/mol. The van der Waals surface area contributed by atoms with Crippen LogP contribution in [0.2, 0.25) is 5.02 Å². The maximum absolute atomic E-state index is 12.7. The van der Waals surface area contributed by atoms with Crippen LogP contribution in [0.4, 0.5) is 5.69 Å². The van der Waals surface area contributed by atoms with Crippen LogP contribution in [-0.2, 0) is 10.0 Å². The zero-order valence-corrected chi connectivity index (χ0v) is 17.5. The molecule has 142 valence electrons. The van der Waals surface area contributed by atoms with Crippen LogP contribution in [0.1, 0.15) is 0 Å². The van der Waals surface area contributed by atoms with Gasteiger partial charge in [0.15, 0.2) is 0 Å². The third-order valence-electron chi connectivity index (χ3n) is 4.03. The van der Waals surface area contributed by atoms with Gasteiger partial charge in [-0.25, -0.2) is 8.42 Å². The Morgan fingerprint density at radius 3 is 2.36 bits per heavy atom. The van der Waals surface area contributed by atoms with E-state index in [0.29, 0.717) is 26.4 Å². The van der Waals surface area contributed by atoms with E-state index in [0.717, 1.165) is 16.2 Å². The number of hydrogen-bond acceptors (Lipinski definition) is 5. The predicted molar refractivity (Wildman–Crippen MR) is 116 cm³/mol. The number of anilines is 1. The zero-order chi connectivity index (χ0) is 19.7. The van der Waals surface area contributed by atoms with Crippen LogP contribution in [0, 0.1) is 0 Å². The summed E-state index contributed by atoms with van der Waals surface area (Å²) in [5, 5.41) is 14.3. The van der Waals surface area contributed by atoms with Gasteiger partial charge in [-0.2, -0.15) is 0 Å². The van der Waals surface area contributed by atoms with Crippen molar-refractivity contribution < 1.29 is 13.5 Å². The predicted octanol–water partition coefficient (Wildman–Crippen LogP) is 6.21. The molecule has 1 heterocycles. The molecule has 4 nitrogen and oxygen atoms in total. The minimum Gasteiger partial charge on any atom is -0.506 e. The number of rotatable bonds is 5. The second kappa shape index (κ2) is 7.67. The Balaban J connectivity index is 1.81. The van der Waals surface area contributed by atoms with Crippen LogP contribution in [0.5, 0.6) is 5.75 Å². The van der Waals surface area contributed by atoms with Crippen LogP contribution in [-0.4, -0.2) is 13.5 Å². The standard InChI is InChI=1S/C20H14ClNO3S3/c21-13-7-9-14(10-8-13)27-18-12-17(15-4-1-2-5-16(15)20(18)23)22-28(24,25)19-6-3-11-26-19/h1-12,22-23H. The third-order valence-corrected chi connectivity index (χ3v) is 8.08. The zero-order valence-electron chi connectivity index (χ0n) is 14.3. The lowest BCUT2D eigenvalue weighted by molar-refractivity contribution is 0.469. The maximum Gasteiger partial charge on any atom is 0.271 e. The number of nitrogens with one attached hydrogen (secondary N) is 1. The molecule has 1 aromatic heterocycles. The van der Waals surface area contributed by atoms with E-state index in [1.54, 1.807) is 60.0 Å². The highest BCUT2D eigenvalue weighted by atomic mass is 35.5. The van der Waals surface area contributed by atoms with E-state index >= 15 is 0 Å². The molecule has 0 radical (unpaired) electrons. The Kier molecular flexibility index (Phi) is 5.25. The minimum absolute atomic E-state index is 0.106. The van der Waals surface area contributed by atoms with Crippen LogP contribution in [0.3, 0.4) is 0 Å². The molecular formula is C20H14ClNO3S3. The number of phenols is 1. The largest absolute Gasteiger partial charge is 0.506 e. The van der Waals surface area contributed by atoms with E-state index in [-0.39, 0.29) is 9.96 Å². The normalized spacial score (nSPS) is 11.6. The molecule has 0 aliphatic heterocycles. The molecule has 4 aromatic rings. The Hall–Kier alpha value is -2.19. The van der Waals surface area contributed by atoms with E-state index in [9.17, 15) is 13.5 Å². The van der Waals surface area contributed by atoms with Crippen molar-refractivity contribution in [2.75, 3.05) is 4.72 Å². The second-order valence-corrected chi connectivity index (χ2v) is 10.3. The highest BCUT2D eigenvalue weighted by Crippen LogP contribution is 2.43. The van der Waals surface area contributed by atoms with E-state index in [4.69, 9.17) is 11.6 Å². The van der Waals surface area contributed by atoms with Crippen molar-refractivity contribution in [1.82, 2.24) is 0 Å². The smallest absolute Gasteiger partial charge is 0.271 e. The van der Waals surface area contributed by atoms with Crippen molar-refractivity contribution >= 4 is 61.2 Å². The van der Waals surface area contributed by atoms with Crippen molar-refractivity contribution in [3.8, 4) is 5.75 Å². The number of phenolic OH excluding ortho intramolecular Hbond substituents is 1. The molecule has 0 spiro atoms. The molecule has 0 atom stereocenters. The van der Waals surface area contributed by atoms with Gasteiger partial charge < -0.3 is 5.11 Å². The topological polar surface area (TPSA) is 66.4 Å². The van der Waals surface area contributed by atoms with Gasteiger partial charge in [-0.3, -0.25) is 4.72 Å². The number of sulfonamides is 1. The van der Waals surface area contributed by atoms with Gasteiger partial charge in [-0.05, 0) is 41.8 Å². The van der Waals surface area contributed by atoms with Gasteiger partial charge in [-0.15, -0.1) is 11.3 Å². The fourth-order valence-electron chi connectivity index (χ4n) is 2.74. The van der Waals surface area contributed by atoms with E-state index < -0.39 is 10.0 Å². The van der Waals surface area contributed by atoms with E-state index in [1.807, 2.05) is 12.1 Å². The van der Waals surface area contributed by atoms with Gasteiger partial charge in [0.25, 0.3) is 10.0 Å². The number of thiophene rings is 1. The summed E-state index contributed by atoms with van der Waals surface area (Å²) in [6.07, 6.45) is 0. The van der Waals surface area contributed by atoms with Gasteiger partial charge in [0.1, 0.15) is 9.96 Å². The molecule has 0 amide bonds. The number of aromatic hydroxyl groups is 1. The van der Waals surface area contributed by atoms with Crippen molar-refractivity contribution in [3.05, 3.63) is 77.1 Å². The molecule has 0 saturated heterocycles. The highest BCUT2D eigenvalue weighted by Gasteiger charge is 2.19. The Bertz CT molecular complexity index is 1240. The SMILES string of the molecule is O=S(=O)(Nc1cc(Sc2ccc(Cl)cc2)c(O)c2ccccc12)c1cccs1. The van der Waals surface area contributed by atoms with Crippen molar-refractivity contribution in [2.45, 2.75) is 14.0 Å². The first-order valence-electron chi connectivity index (χ1n) is 8.18. The summed E-state index contributed by atoms with van der Waals surface area (Å²) in [6, 6.07) is 19.3. The lowest BCUT2D eigenvalue weighted by Crippen LogP contribution is -2.11. The van der Waals surface area contributed by atoms with Crippen molar-refractivity contribution in [3.63, 3.8) is 0 Å². The Labute approximate surface area is 175 Å². The number of halogens is 1. The van der Waals surface area contributed by atoms with Crippen molar-refractivity contribution in [2.24, 2.45) is 0 Å². The number of fused-ring (bicyclic) bond motifs is 1. The first-order valence-corrected chi connectivity index (χ1v) is 11.7. The van der Waals surface area contributed by atoms with E-state index in [2.05, 4.69) is 4.72 Å². The highest BCUT2D eigenvalue weighted by molar-refractivity contribution is 7.99. The Morgan fingerprint density at radius 1 is 0.964 bits per heavy atom. The average Bonchev–Trinajstić information content (AvgIpc) is 3.23. The van der Waals surface area contributed by atoms with Crippen molar-refractivity contribution in [1.29, 1.82) is 0 Å². The summed E-state index contributed by atoms with van der Waals surface area (Å²) >= 11 is 8.42. The van der Waals surface area contributed by atoms with Gasteiger partial charge in [-0.1, -0.05) is 53.7 Å².